The third kappa shape index (κ3) is 2.90. The topological polar surface area (TPSA) is 31.9 Å². The number of anilines is 2. The van der Waals surface area contributed by atoms with Crippen molar-refractivity contribution in [2.24, 2.45) is 0 Å². The van der Waals surface area contributed by atoms with Crippen LogP contribution in [0.4, 0.5) is 24.5 Å². The van der Waals surface area contributed by atoms with Crippen LogP contribution < -0.4 is 4.90 Å². The zero-order valence-corrected chi connectivity index (χ0v) is 11.5. The molecular weight excluding hydrogens is 291 g/mol. The predicted octanol–water partition coefficient (Wildman–Crippen LogP) is 4.63. The van der Waals surface area contributed by atoms with E-state index in [2.05, 4.69) is 5.10 Å². The van der Waals surface area contributed by atoms with Crippen molar-refractivity contribution in [3.8, 4) is 0 Å². The number of nitrogens with one attached hydrogen (secondary N) is 1. The molecule has 0 unspecified atom stereocenters. The molecule has 20 heavy (non-hydrogen) atoms. The minimum absolute atomic E-state index is 0.132. The van der Waals surface area contributed by atoms with Gasteiger partial charge in [-0.1, -0.05) is 36.7 Å². The summed E-state index contributed by atoms with van der Waals surface area (Å²) < 4.78 is 39.1. The SMILES string of the molecule is CCCN(c1ccccc1)c1c(Cl)n[nH]c1C(F)(F)F. The maximum atomic E-state index is 13.0. The first kappa shape index (κ1) is 14.7. The van der Waals surface area contributed by atoms with Crippen LogP contribution in [0.2, 0.25) is 5.15 Å². The number of halogens is 4. The highest BCUT2D eigenvalue weighted by Crippen LogP contribution is 2.41. The third-order valence-electron chi connectivity index (χ3n) is 2.77. The lowest BCUT2D eigenvalue weighted by atomic mass is 10.2. The first-order valence-electron chi connectivity index (χ1n) is 6.08. The van der Waals surface area contributed by atoms with Crippen molar-refractivity contribution in [2.45, 2.75) is 19.5 Å². The monoisotopic (exact) mass is 303 g/mol. The average molecular weight is 304 g/mol. The summed E-state index contributed by atoms with van der Waals surface area (Å²) in [6, 6.07) is 8.80. The molecule has 1 aromatic heterocycles. The van der Waals surface area contributed by atoms with Crippen LogP contribution in [-0.4, -0.2) is 16.7 Å². The van der Waals surface area contributed by atoms with Gasteiger partial charge in [-0.2, -0.15) is 18.3 Å². The Hall–Kier alpha value is -1.69. The zero-order valence-electron chi connectivity index (χ0n) is 10.7. The Labute approximate surface area is 119 Å². The number of benzene rings is 1. The molecule has 0 amide bonds. The molecule has 1 aromatic carbocycles. The maximum Gasteiger partial charge on any atom is 0.434 e. The molecule has 3 nitrogen and oxygen atoms in total. The highest BCUT2D eigenvalue weighted by Gasteiger charge is 2.39. The van der Waals surface area contributed by atoms with Crippen molar-refractivity contribution in [1.82, 2.24) is 10.2 Å². The van der Waals surface area contributed by atoms with Gasteiger partial charge in [0.15, 0.2) is 10.8 Å². The summed E-state index contributed by atoms with van der Waals surface area (Å²) in [4.78, 5) is 1.52. The standard InChI is InChI=1S/C13H13ClF3N3/c1-2-8-20(9-6-4-3-5-7-9)10-11(13(15,16)17)18-19-12(10)14/h3-7H,2,8H2,1H3,(H,18,19). The van der Waals surface area contributed by atoms with Crippen LogP contribution in [0.25, 0.3) is 0 Å². The lowest BCUT2D eigenvalue weighted by Gasteiger charge is -2.25. The fourth-order valence-corrected chi connectivity index (χ4v) is 2.20. The highest BCUT2D eigenvalue weighted by atomic mass is 35.5. The fourth-order valence-electron chi connectivity index (χ4n) is 1.96. The van der Waals surface area contributed by atoms with Gasteiger partial charge in [-0.25, -0.2) is 0 Å². The van der Waals surface area contributed by atoms with Crippen molar-refractivity contribution in [1.29, 1.82) is 0 Å². The molecular formula is C13H13ClF3N3. The molecule has 0 saturated carbocycles. The van der Waals surface area contributed by atoms with Gasteiger partial charge in [0.2, 0.25) is 0 Å². The van der Waals surface area contributed by atoms with E-state index in [4.69, 9.17) is 11.6 Å². The fraction of sp³-hybridized carbons (Fsp3) is 0.308. The van der Waals surface area contributed by atoms with Crippen LogP contribution in [0, 0.1) is 0 Å². The van der Waals surface area contributed by atoms with Gasteiger partial charge in [0, 0.05) is 12.2 Å². The lowest BCUT2D eigenvalue weighted by molar-refractivity contribution is -0.140. The van der Waals surface area contributed by atoms with E-state index in [0.29, 0.717) is 18.7 Å². The number of hydrogen-bond acceptors (Lipinski definition) is 2. The van der Waals surface area contributed by atoms with E-state index in [9.17, 15) is 13.2 Å². The molecule has 0 aliphatic carbocycles. The second kappa shape index (κ2) is 5.75. The highest BCUT2D eigenvalue weighted by molar-refractivity contribution is 6.32. The minimum Gasteiger partial charge on any atom is -0.337 e. The van der Waals surface area contributed by atoms with Gasteiger partial charge >= 0.3 is 6.18 Å². The number of aromatic nitrogens is 2. The van der Waals surface area contributed by atoms with Crippen LogP contribution in [0.3, 0.4) is 0 Å². The van der Waals surface area contributed by atoms with Gasteiger partial charge in [0.1, 0.15) is 5.69 Å². The number of para-hydroxylation sites is 1. The summed E-state index contributed by atoms with van der Waals surface area (Å²) in [6.07, 6.45) is -3.86. The van der Waals surface area contributed by atoms with Crippen molar-refractivity contribution in [3.05, 3.63) is 41.2 Å². The Morgan fingerprint density at radius 3 is 2.45 bits per heavy atom. The summed E-state index contributed by atoms with van der Waals surface area (Å²) in [5, 5.41) is 5.28. The van der Waals surface area contributed by atoms with Crippen LogP contribution in [0.15, 0.2) is 30.3 Å². The second-order valence-corrected chi connectivity index (χ2v) is 4.58. The van der Waals surface area contributed by atoms with E-state index in [0.717, 1.165) is 0 Å². The molecule has 0 spiro atoms. The number of aromatic amines is 1. The van der Waals surface area contributed by atoms with E-state index in [1.54, 1.807) is 30.3 Å². The van der Waals surface area contributed by atoms with E-state index in [-0.39, 0.29) is 10.8 Å². The molecule has 0 saturated heterocycles. The maximum absolute atomic E-state index is 13.0. The Balaban J connectivity index is 2.53. The second-order valence-electron chi connectivity index (χ2n) is 4.22. The van der Waals surface area contributed by atoms with Crippen molar-refractivity contribution < 1.29 is 13.2 Å². The summed E-state index contributed by atoms with van der Waals surface area (Å²) in [7, 11) is 0. The average Bonchev–Trinajstić information content (AvgIpc) is 2.79. The molecule has 1 heterocycles. The smallest absolute Gasteiger partial charge is 0.337 e. The molecule has 0 fully saturated rings. The quantitative estimate of drug-likeness (QED) is 0.893. The molecule has 0 aliphatic rings. The van der Waals surface area contributed by atoms with Gasteiger partial charge in [0.05, 0.1) is 0 Å². The zero-order chi connectivity index (χ0) is 14.8. The Morgan fingerprint density at radius 1 is 1.25 bits per heavy atom. The molecule has 1 N–H and O–H groups in total. The summed E-state index contributed by atoms with van der Waals surface area (Å²) in [5.41, 5.74) is -0.421. The van der Waals surface area contributed by atoms with Gasteiger partial charge in [-0.15, -0.1) is 0 Å². The summed E-state index contributed by atoms with van der Waals surface area (Å²) in [6.45, 7) is 2.30. The minimum atomic E-state index is -4.53. The molecule has 0 atom stereocenters. The third-order valence-corrected chi connectivity index (χ3v) is 3.03. The predicted molar refractivity (Wildman–Crippen MR) is 72.3 cm³/mol. The van der Waals surface area contributed by atoms with Gasteiger partial charge in [-0.3, -0.25) is 5.10 Å². The molecule has 0 bridgehead atoms. The van der Waals surface area contributed by atoms with E-state index >= 15 is 0 Å². The van der Waals surface area contributed by atoms with Crippen molar-refractivity contribution in [2.75, 3.05) is 11.4 Å². The first-order valence-corrected chi connectivity index (χ1v) is 6.46. The molecule has 108 valence electrons. The van der Waals surface area contributed by atoms with Gasteiger partial charge in [-0.05, 0) is 18.6 Å². The van der Waals surface area contributed by atoms with Crippen molar-refractivity contribution >= 4 is 23.0 Å². The van der Waals surface area contributed by atoms with E-state index in [1.165, 1.54) is 4.90 Å². The Morgan fingerprint density at radius 2 is 1.90 bits per heavy atom. The number of alkyl halides is 3. The summed E-state index contributed by atoms with van der Waals surface area (Å²) in [5.74, 6) is 0. The molecule has 2 aromatic rings. The van der Waals surface area contributed by atoms with Gasteiger partial charge in [0.25, 0.3) is 0 Å². The lowest BCUT2D eigenvalue weighted by Crippen LogP contribution is -2.21. The van der Waals surface area contributed by atoms with Crippen LogP contribution in [0.1, 0.15) is 19.0 Å². The molecule has 0 radical (unpaired) electrons. The molecule has 7 heteroatoms. The van der Waals surface area contributed by atoms with E-state index in [1.807, 2.05) is 12.0 Å². The first-order chi connectivity index (χ1) is 9.45. The molecule has 2 rings (SSSR count). The number of hydrogen-bond donors (Lipinski definition) is 1. The molecule has 0 aliphatic heterocycles. The Bertz CT molecular complexity index is 566. The number of H-pyrrole nitrogens is 1. The van der Waals surface area contributed by atoms with Gasteiger partial charge < -0.3 is 4.90 Å². The van der Waals surface area contributed by atoms with Crippen LogP contribution >= 0.6 is 11.6 Å². The van der Waals surface area contributed by atoms with Crippen LogP contribution in [0.5, 0.6) is 0 Å². The summed E-state index contributed by atoms with van der Waals surface area (Å²) >= 11 is 5.85. The largest absolute Gasteiger partial charge is 0.434 e. The normalized spacial score (nSPS) is 11.7. The number of rotatable bonds is 4. The van der Waals surface area contributed by atoms with E-state index < -0.39 is 11.9 Å². The van der Waals surface area contributed by atoms with Crippen molar-refractivity contribution in [3.63, 3.8) is 0 Å². The number of nitrogens with zero attached hydrogens (tertiary/aromatic N) is 2. The van der Waals surface area contributed by atoms with Crippen LogP contribution in [-0.2, 0) is 6.18 Å². The Kier molecular flexibility index (Phi) is 4.23.